The van der Waals surface area contributed by atoms with Gasteiger partial charge in [-0.25, -0.2) is 0 Å². The molecule has 0 aliphatic carbocycles. The summed E-state index contributed by atoms with van der Waals surface area (Å²) >= 11 is 0. The Bertz CT molecular complexity index is 433. The Balaban J connectivity index is 2.79. The number of benzene rings is 1. The normalized spacial score (nSPS) is 10.1. The molecule has 1 aromatic rings. The number of ether oxygens (including phenoxy) is 2. The Morgan fingerprint density at radius 1 is 1.26 bits per heavy atom. The van der Waals surface area contributed by atoms with Crippen LogP contribution in [0.4, 0.5) is 5.69 Å². The van der Waals surface area contributed by atoms with Crippen molar-refractivity contribution >= 4 is 11.6 Å². The van der Waals surface area contributed by atoms with Crippen molar-refractivity contribution in [2.75, 3.05) is 33.1 Å². The summed E-state index contributed by atoms with van der Waals surface area (Å²) in [5.41, 5.74) is 1.62. The van der Waals surface area contributed by atoms with Crippen LogP contribution in [0.5, 0.6) is 11.5 Å². The van der Waals surface area contributed by atoms with E-state index in [4.69, 9.17) is 9.47 Å². The van der Waals surface area contributed by atoms with Gasteiger partial charge in [0.05, 0.1) is 19.9 Å². The molecule has 2 N–H and O–H groups in total. The number of anilines is 1. The van der Waals surface area contributed by atoms with Crippen molar-refractivity contribution in [1.29, 1.82) is 0 Å². The first-order chi connectivity index (χ1) is 9.12. The number of methoxy groups -OCH3 is 2. The molecule has 1 aromatic carbocycles. The lowest BCUT2D eigenvalue weighted by Crippen LogP contribution is -2.16. The van der Waals surface area contributed by atoms with Gasteiger partial charge < -0.3 is 20.1 Å². The maximum absolute atomic E-state index is 11.8. The number of hydrogen-bond donors (Lipinski definition) is 2. The van der Waals surface area contributed by atoms with Crippen molar-refractivity contribution in [3.8, 4) is 11.5 Å². The van der Waals surface area contributed by atoms with E-state index >= 15 is 0 Å². The molecule has 1 rings (SSSR count). The summed E-state index contributed by atoms with van der Waals surface area (Å²) in [4.78, 5) is 11.8. The van der Waals surface area contributed by atoms with E-state index in [9.17, 15) is 4.79 Å². The highest BCUT2D eigenvalue weighted by atomic mass is 16.5. The highest BCUT2D eigenvalue weighted by molar-refractivity contribution is 5.93. The van der Waals surface area contributed by atoms with E-state index in [1.807, 2.05) is 20.0 Å². The Hall–Kier alpha value is -1.75. The molecule has 0 spiro atoms. The monoisotopic (exact) mass is 266 g/mol. The lowest BCUT2D eigenvalue weighted by Gasteiger charge is -2.14. The van der Waals surface area contributed by atoms with Gasteiger partial charge in [0.25, 0.3) is 0 Å². The molecule has 0 bridgehead atoms. The van der Waals surface area contributed by atoms with E-state index in [1.54, 1.807) is 20.3 Å². The first-order valence-electron chi connectivity index (χ1n) is 6.29. The summed E-state index contributed by atoms with van der Waals surface area (Å²) in [5, 5.41) is 5.91. The molecule has 0 radical (unpaired) electrons. The van der Waals surface area contributed by atoms with Gasteiger partial charge in [0, 0.05) is 12.5 Å². The average Bonchev–Trinajstić information content (AvgIpc) is 2.41. The number of aryl methyl sites for hydroxylation is 1. The zero-order chi connectivity index (χ0) is 14.3. The molecule has 5 nitrogen and oxygen atoms in total. The highest BCUT2D eigenvalue weighted by Crippen LogP contribution is 2.33. The standard InChI is InChI=1S/C14H22N2O3/c1-10-8-11(18-3)9-12(19-4)14(10)16-13(17)6-5-7-15-2/h8-9,15H,5-7H2,1-4H3,(H,16,17). The van der Waals surface area contributed by atoms with Crippen LogP contribution in [0.3, 0.4) is 0 Å². The summed E-state index contributed by atoms with van der Waals surface area (Å²) in [6.45, 7) is 2.74. The van der Waals surface area contributed by atoms with E-state index < -0.39 is 0 Å². The Morgan fingerprint density at radius 2 is 2.00 bits per heavy atom. The molecule has 19 heavy (non-hydrogen) atoms. The van der Waals surface area contributed by atoms with Gasteiger partial charge in [0.15, 0.2) is 0 Å². The molecule has 0 aliphatic rings. The second-order valence-corrected chi connectivity index (χ2v) is 4.28. The SMILES string of the molecule is CNCCCC(=O)Nc1c(C)cc(OC)cc1OC. The van der Waals surface area contributed by atoms with Crippen molar-refractivity contribution in [3.05, 3.63) is 17.7 Å². The lowest BCUT2D eigenvalue weighted by molar-refractivity contribution is -0.116. The fraction of sp³-hybridized carbons (Fsp3) is 0.500. The number of carbonyl (C=O) groups is 1. The largest absolute Gasteiger partial charge is 0.497 e. The third-order valence-corrected chi connectivity index (χ3v) is 2.82. The Labute approximate surface area is 114 Å². The van der Waals surface area contributed by atoms with Crippen molar-refractivity contribution in [2.24, 2.45) is 0 Å². The fourth-order valence-electron chi connectivity index (χ4n) is 1.79. The lowest BCUT2D eigenvalue weighted by atomic mass is 10.1. The smallest absolute Gasteiger partial charge is 0.224 e. The van der Waals surface area contributed by atoms with Crippen LogP contribution in [0.1, 0.15) is 18.4 Å². The Kier molecular flexibility index (Phi) is 6.15. The zero-order valence-corrected chi connectivity index (χ0v) is 12.0. The predicted octanol–water partition coefficient (Wildman–Crippen LogP) is 1.95. The molecule has 0 fully saturated rings. The average molecular weight is 266 g/mol. The summed E-state index contributed by atoms with van der Waals surface area (Å²) in [6, 6.07) is 3.63. The van der Waals surface area contributed by atoms with Gasteiger partial charge in [0.1, 0.15) is 11.5 Å². The molecule has 1 amide bonds. The molecule has 106 valence electrons. The third-order valence-electron chi connectivity index (χ3n) is 2.82. The molecule has 0 heterocycles. The van der Waals surface area contributed by atoms with Gasteiger partial charge in [-0.3, -0.25) is 4.79 Å². The minimum absolute atomic E-state index is 0.0122. The number of carbonyl (C=O) groups excluding carboxylic acids is 1. The van der Waals surface area contributed by atoms with Crippen molar-refractivity contribution in [1.82, 2.24) is 5.32 Å². The second kappa shape index (κ2) is 7.63. The van der Waals surface area contributed by atoms with Gasteiger partial charge in [-0.1, -0.05) is 0 Å². The van der Waals surface area contributed by atoms with E-state index in [1.165, 1.54) is 0 Å². The molecule has 0 aliphatic heterocycles. The Morgan fingerprint density at radius 3 is 2.58 bits per heavy atom. The van der Waals surface area contributed by atoms with Crippen LogP contribution in [0.25, 0.3) is 0 Å². The predicted molar refractivity (Wildman–Crippen MR) is 76.1 cm³/mol. The summed E-state index contributed by atoms with van der Waals surface area (Å²) in [6.07, 6.45) is 1.29. The van der Waals surface area contributed by atoms with E-state index in [0.29, 0.717) is 23.6 Å². The molecular weight excluding hydrogens is 244 g/mol. The minimum atomic E-state index is -0.0122. The molecule has 0 aromatic heterocycles. The van der Waals surface area contributed by atoms with Crippen molar-refractivity contribution < 1.29 is 14.3 Å². The van der Waals surface area contributed by atoms with E-state index in [-0.39, 0.29) is 5.91 Å². The maximum Gasteiger partial charge on any atom is 0.224 e. The van der Waals surface area contributed by atoms with Crippen LogP contribution in [-0.2, 0) is 4.79 Å². The van der Waals surface area contributed by atoms with Gasteiger partial charge in [-0.15, -0.1) is 0 Å². The van der Waals surface area contributed by atoms with Crippen LogP contribution in [0.15, 0.2) is 12.1 Å². The van der Waals surface area contributed by atoms with Crippen LogP contribution >= 0.6 is 0 Å². The zero-order valence-electron chi connectivity index (χ0n) is 12.0. The summed E-state index contributed by atoms with van der Waals surface area (Å²) in [7, 11) is 5.05. The van der Waals surface area contributed by atoms with Gasteiger partial charge in [-0.05, 0) is 38.6 Å². The highest BCUT2D eigenvalue weighted by Gasteiger charge is 2.12. The number of nitrogens with one attached hydrogen (secondary N) is 2. The molecule has 0 saturated heterocycles. The van der Waals surface area contributed by atoms with Gasteiger partial charge in [-0.2, -0.15) is 0 Å². The van der Waals surface area contributed by atoms with E-state index in [2.05, 4.69) is 10.6 Å². The molecule has 5 heteroatoms. The third kappa shape index (κ3) is 4.44. The van der Waals surface area contributed by atoms with Crippen LogP contribution < -0.4 is 20.1 Å². The molecule has 0 unspecified atom stereocenters. The number of rotatable bonds is 7. The van der Waals surface area contributed by atoms with Crippen LogP contribution in [0.2, 0.25) is 0 Å². The molecule has 0 saturated carbocycles. The first kappa shape index (κ1) is 15.3. The number of amides is 1. The topological polar surface area (TPSA) is 59.6 Å². The van der Waals surface area contributed by atoms with Crippen LogP contribution in [-0.4, -0.2) is 33.7 Å². The van der Waals surface area contributed by atoms with Crippen molar-refractivity contribution in [2.45, 2.75) is 19.8 Å². The van der Waals surface area contributed by atoms with Gasteiger partial charge in [0.2, 0.25) is 5.91 Å². The van der Waals surface area contributed by atoms with Crippen LogP contribution in [0, 0.1) is 6.92 Å². The second-order valence-electron chi connectivity index (χ2n) is 4.28. The van der Waals surface area contributed by atoms with E-state index in [0.717, 1.165) is 18.5 Å². The minimum Gasteiger partial charge on any atom is -0.497 e. The van der Waals surface area contributed by atoms with Gasteiger partial charge >= 0.3 is 0 Å². The first-order valence-corrected chi connectivity index (χ1v) is 6.29. The quantitative estimate of drug-likeness (QED) is 0.741. The van der Waals surface area contributed by atoms with Crippen molar-refractivity contribution in [3.63, 3.8) is 0 Å². The summed E-state index contributed by atoms with van der Waals surface area (Å²) < 4.78 is 10.5. The molecule has 0 atom stereocenters. The fourth-order valence-corrected chi connectivity index (χ4v) is 1.79. The molecular formula is C14H22N2O3. The number of hydrogen-bond acceptors (Lipinski definition) is 4. The summed E-state index contributed by atoms with van der Waals surface area (Å²) in [5.74, 6) is 1.31. The maximum atomic E-state index is 11.8.